The van der Waals surface area contributed by atoms with Crippen molar-refractivity contribution < 1.29 is 9.90 Å². The number of nitrogens with zero attached hydrogens (tertiary/aromatic N) is 1. The molecule has 2 aromatic rings. The van der Waals surface area contributed by atoms with Gasteiger partial charge in [0.05, 0.1) is 11.8 Å². The molecular formula is C17H17N3O2S. The quantitative estimate of drug-likeness (QED) is 0.456. The Morgan fingerprint density at radius 3 is 2.52 bits per heavy atom. The van der Waals surface area contributed by atoms with Crippen LogP contribution < -0.4 is 10.7 Å². The lowest BCUT2D eigenvalue weighted by Crippen LogP contribution is -2.24. The molecule has 2 aromatic carbocycles. The molecule has 0 heterocycles. The molecule has 3 N–H and O–H groups in total. The summed E-state index contributed by atoms with van der Waals surface area (Å²) in [7, 11) is 0. The number of benzene rings is 2. The second kappa shape index (κ2) is 7.51. The number of carbonyl (C=O) groups is 1. The van der Waals surface area contributed by atoms with E-state index < -0.39 is 5.97 Å². The smallest absolute Gasteiger partial charge is 0.335 e. The standard InChI is InChI=1S/C17H17N3O2S/c1-11-3-4-12(2)15(9-11)19-17(23)20-18-10-13-5-7-14(8-6-13)16(21)22/h3-10H,1-2H3,(H,21,22)(H2,19,20,23)/b18-10+. The fourth-order valence-corrected chi connectivity index (χ4v) is 2.06. The minimum Gasteiger partial charge on any atom is -0.478 e. The highest BCUT2D eigenvalue weighted by Crippen LogP contribution is 2.16. The summed E-state index contributed by atoms with van der Waals surface area (Å²) >= 11 is 5.20. The van der Waals surface area contributed by atoms with Gasteiger partial charge in [0, 0.05) is 5.69 Å². The van der Waals surface area contributed by atoms with Gasteiger partial charge >= 0.3 is 5.97 Å². The van der Waals surface area contributed by atoms with Gasteiger partial charge in [-0.05, 0) is 61.0 Å². The Hall–Kier alpha value is -2.73. The Kier molecular flexibility index (Phi) is 5.43. The van der Waals surface area contributed by atoms with Gasteiger partial charge in [-0.2, -0.15) is 5.10 Å². The predicted molar refractivity (Wildman–Crippen MR) is 96.3 cm³/mol. The van der Waals surface area contributed by atoms with Crippen LogP contribution in [-0.4, -0.2) is 22.4 Å². The molecule has 0 aliphatic rings. The molecule has 2 rings (SSSR count). The van der Waals surface area contributed by atoms with Gasteiger partial charge in [0.1, 0.15) is 0 Å². The van der Waals surface area contributed by atoms with Gasteiger partial charge in [-0.3, -0.25) is 5.43 Å². The number of nitrogens with one attached hydrogen (secondary N) is 2. The number of hydrogen-bond donors (Lipinski definition) is 3. The number of carboxylic acid groups (broad SMARTS) is 1. The van der Waals surface area contributed by atoms with Gasteiger partial charge in [0.25, 0.3) is 0 Å². The van der Waals surface area contributed by atoms with E-state index in [4.69, 9.17) is 17.3 Å². The highest BCUT2D eigenvalue weighted by Gasteiger charge is 2.02. The molecule has 0 aliphatic carbocycles. The zero-order valence-electron chi connectivity index (χ0n) is 12.8. The second-order valence-corrected chi connectivity index (χ2v) is 5.48. The maximum Gasteiger partial charge on any atom is 0.335 e. The molecule has 0 saturated heterocycles. The molecule has 23 heavy (non-hydrogen) atoms. The van der Waals surface area contributed by atoms with Crippen molar-refractivity contribution in [2.75, 3.05) is 5.32 Å². The average Bonchev–Trinajstić information content (AvgIpc) is 2.51. The molecule has 0 saturated carbocycles. The highest BCUT2D eigenvalue weighted by atomic mass is 32.1. The summed E-state index contributed by atoms with van der Waals surface area (Å²) in [6.07, 6.45) is 1.57. The molecule has 0 aromatic heterocycles. The minimum atomic E-state index is -0.953. The van der Waals surface area contributed by atoms with Crippen molar-refractivity contribution in [2.24, 2.45) is 5.10 Å². The first-order chi connectivity index (χ1) is 11.0. The number of hydrogen-bond acceptors (Lipinski definition) is 3. The van der Waals surface area contributed by atoms with Crippen LogP contribution >= 0.6 is 12.2 Å². The van der Waals surface area contributed by atoms with Gasteiger partial charge in [0.2, 0.25) is 0 Å². The van der Waals surface area contributed by atoms with Crippen LogP contribution in [0, 0.1) is 13.8 Å². The molecule has 0 amide bonds. The van der Waals surface area contributed by atoms with Crippen molar-refractivity contribution in [3.63, 3.8) is 0 Å². The van der Waals surface area contributed by atoms with Crippen LogP contribution in [0.25, 0.3) is 0 Å². The lowest BCUT2D eigenvalue weighted by atomic mass is 10.1. The summed E-state index contributed by atoms with van der Waals surface area (Å²) in [5, 5.41) is 16.3. The summed E-state index contributed by atoms with van der Waals surface area (Å²) in [5.41, 5.74) is 6.92. The number of rotatable bonds is 4. The number of aryl methyl sites for hydroxylation is 2. The Morgan fingerprint density at radius 1 is 1.17 bits per heavy atom. The van der Waals surface area contributed by atoms with Crippen LogP contribution in [0.4, 0.5) is 5.69 Å². The largest absolute Gasteiger partial charge is 0.478 e. The summed E-state index contributed by atoms with van der Waals surface area (Å²) < 4.78 is 0. The molecule has 6 heteroatoms. The zero-order valence-corrected chi connectivity index (χ0v) is 13.6. The number of hydrazone groups is 1. The first-order valence-corrected chi connectivity index (χ1v) is 7.37. The Labute approximate surface area is 140 Å². The molecular weight excluding hydrogens is 310 g/mol. The van der Waals surface area contributed by atoms with Crippen molar-refractivity contribution >= 4 is 35.2 Å². The van der Waals surface area contributed by atoms with Crippen LogP contribution in [0.5, 0.6) is 0 Å². The summed E-state index contributed by atoms with van der Waals surface area (Å²) in [4.78, 5) is 10.8. The van der Waals surface area contributed by atoms with E-state index >= 15 is 0 Å². The number of thiocarbonyl (C=S) groups is 1. The van der Waals surface area contributed by atoms with Crippen LogP contribution in [0.2, 0.25) is 0 Å². The Morgan fingerprint density at radius 2 is 1.87 bits per heavy atom. The predicted octanol–water partition coefficient (Wildman–Crippen LogP) is 3.32. The lowest BCUT2D eigenvalue weighted by molar-refractivity contribution is 0.0697. The normalized spacial score (nSPS) is 10.5. The van der Waals surface area contributed by atoms with Gasteiger partial charge in [-0.1, -0.05) is 24.3 Å². The third-order valence-corrected chi connectivity index (χ3v) is 3.37. The first kappa shape index (κ1) is 16.6. The molecule has 0 unspecified atom stereocenters. The van der Waals surface area contributed by atoms with E-state index in [9.17, 15) is 4.79 Å². The van der Waals surface area contributed by atoms with E-state index in [-0.39, 0.29) is 5.56 Å². The van der Waals surface area contributed by atoms with E-state index in [0.29, 0.717) is 5.11 Å². The minimum absolute atomic E-state index is 0.238. The topological polar surface area (TPSA) is 73.7 Å². The van der Waals surface area contributed by atoms with E-state index in [2.05, 4.69) is 15.8 Å². The molecule has 0 radical (unpaired) electrons. The van der Waals surface area contributed by atoms with E-state index in [0.717, 1.165) is 22.4 Å². The number of anilines is 1. The van der Waals surface area contributed by atoms with E-state index in [1.165, 1.54) is 12.1 Å². The molecule has 0 bridgehead atoms. The van der Waals surface area contributed by atoms with Gasteiger partial charge in [0.15, 0.2) is 5.11 Å². The average molecular weight is 327 g/mol. The lowest BCUT2D eigenvalue weighted by Gasteiger charge is -2.10. The van der Waals surface area contributed by atoms with Crippen LogP contribution in [0.3, 0.4) is 0 Å². The van der Waals surface area contributed by atoms with Crippen molar-refractivity contribution in [3.8, 4) is 0 Å². The maximum absolute atomic E-state index is 10.8. The molecule has 0 aliphatic heterocycles. The van der Waals surface area contributed by atoms with Crippen molar-refractivity contribution in [1.29, 1.82) is 0 Å². The number of carboxylic acids is 1. The third-order valence-electron chi connectivity index (χ3n) is 3.18. The van der Waals surface area contributed by atoms with Crippen molar-refractivity contribution in [2.45, 2.75) is 13.8 Å². The molecule has 0 fully saturated rings. The third kappa shape index (κ3) is 4.89. The fourth-order valence-electron chi connectivity index (χ4n) is 1.90. The van der Waals surface area contributed by atoms with Crippen molar-refractivity contribution in [3.05, 3.63) is 64.7 Å². The van der Waals surface area contributed by atoms with E-state index in [1.54, 1.807) is 18.3 Å². The zero-order chi connectivity index (χ0) is 16.8. The summed E-state index contributed by atoms with van der Waals surface area (Å²) in [5.74, 6) is -0.953. The Bertz CT molecular complexity index is 755. The highest BCUT2D eigenvalue weighted by molar-refractivity contribution is 7.80. The van der Waals surface area contributed by atoms with Gasteiger partial charge < -0.3 is 10.4 Å². The van der Waals surface area contributed by atoms with Crippen molar-refractivity contribution in [1.82, 2.24) is 5.43 Å². The number of aromatic carboxylic acids is 1. The van der Waals surface area contributed by atoms with Crippen LogP contribution in [0.15, 0.2) is 47.6 Å². The van der Waals surface area contributed by atoms with E-state index in [1.807, 2.05) is 32.0 Å². The van der Waals surface area contributed by atoms with Gasteiger partial charge in [-0.25, -0.2) is 4.79 Å². The maximum atomic E-state index is 10.8. The second-order valence-electron chi connectivity index (χ2n) is 5.07. The SMILES string of the molecule is Cc1ccc(C)c(NC(=S)N/N=C/c2ccc(C(=O)O)cc2)c1. The van der Waals surface area contributed by atoms with Crippen LogP contribution in [0.1, 0.15) is 27.0 Å². The summed E-state index contributed by atoms with van der Waals surface area (Å²) in [6.45, 7) is 4.01. The monoisotopic (exact) mass is 327 g/mol. The fraction of sp³-hybridized carbons (Fsp3) is 0.118. The first-order valence-electron chi connectivity index (χ1n) is 6.96. The molecule has 118 valence electrons. The van der Waals surface area contributed by atoms with Gasteiger partial charge in [-0.15, -0.1) is 0 Å². The molecule has 0 spiro atoms. The Balaban J connectivity index is 1.93. The molecule has 0 atom stereocenters. The molecule has 5 nitrogen and oxygen atoms in total. The van der Waals surface area contributed by atoms with Crippen LogP contribution in [-0.2, 0) is 0 Å². The summed E-state index contributed by atoms with van der Waals surface area (Å²) in [6, 6.07) is 12.5.